The van der Waals surface area contributed by atoms with Crippen molar-refractivity contribution < 1.29 is 9.59 Å². The molecule has 2 fully saturated rings. The van der Waals surface area contributed by atoms with Gasteiger partial charge in [-0.3, -0.25) is 9.59 Å². The average molecular weight is 440 g/mol. The number of aryl methyl sites for hydroxylation is 1. The van der Waals surface area contributed by atoms with E-state index < -0.39 is 0 Å². The van der Waals surface area contributed by atoms with E-state index in [0.29, 0.717) is 12.5 Å². The Kier molecular flexibility index (Phi) is 7.06. The lowest BCUT2D eigenvalue weighted by atomic mass is 9.95. The number of carbonyl (C=O) groups is 2. The molecular formula is C25H33N3O2S. The van der Waals surface area contributed by atoms with Crippen molar-refractivity contribution in [2.45, 2.75) is 58.4 Å². The molecule has 166 valence electrons. The molecule has 0 bridgehead atoms. The van der Waals surface area contributed by atoms with Crippen LogP contribution in [-0.2, 0) is 11.2 Å². The highest BCUT2D eigenvalue weighted by atomic mass is 32.2. The topological polar surface area (TPSA) is 54.3 Å². The predicted molar refractivity (Wildman–Crippen MR) is 128 cm³/mol. The van der Waals surface area contributed by atoms with Crippen molar-refractivity contribution in [3.8, 4) is 0 Å². The summed E-state index contributed by atoms with van der Waals surface area (Å²) in [5, 5.41) is 3.04. The van der Waals surface area contributed by atoms with Crippen LogP contribution < -0.4 is 5.32 Å². The van der Waals surface area contributed by atoms with E-state index in [1.165, 1.54) is 37.8 Å². The van der Waals surface area contributed by atoms with Gasteiger partial charge in [0.05, 0.1) is 12.0 Å². The number of anilines is 1. The van der Waals surface area contributed by atoms with Crippen LogP contribution in [0.25, 0.3) is 0 Å². The van der Waals surface area contributed by atoms with Gasteiger partial charge in [-0.05, 0) is 50.5 Å². The van der Waals surface area contributed by atoms with Gasteiger partial charge < -0.3 is 14.8 Å². The third-order valence-corrected chi connectivity index (χ3v) is 7.54. The zero-order valence-electron chi connectivity index (χ0n) is 18.7. The summed E-state index contributed by atoms with van der Waals surface area (Å²) in [6.45, 7) is 5.85. The van der Waals surface area contributed by atoms with Crippen LogP contribution in [0, 0.1) is 13.8 Å². The summed E-state index contributed by atoms with van der Waals surface area (Å²) >= 11 is 1.90. The number of rotatable bonds is 5. The highest BCUT2D eigenvalue weighted by Crippen LogP contribution is 2.32. The van der Waals surface area contributed by atoms with Gasteiger partial charge in [0.15, 0.2) is 0 Å². The molecule has 1 saturated carbocycles. The minimum Gasteiger partial charge on any atom is -0.345 e. The molecule has 0 atom stereocenters. The van der Waals surface area contributed by atoms with Crippen molar-refractivity contribution in [2.24, 2.45) is 0 Å². The van der Waals surface area contributed by atoms with E-state index in [1.54, 1.807) is 0 Å². The number of nitrogens with one attached hydrogen (secondary N) is 1. The van der Waals surface area contributed by atoms with Crippen LogP contribution in [0.5, 0.6) is 0 Å². The fourth-order valence-electron chi connectivity index (χ4n) is 4.91. The summed E-state index contributed by atoms with van der Waals surface area (Å²) in [6, 6.07) is 10.2. The molecule has 1 aromatic heterocycles. The number of benzene rings is 1. The Morgan fingerprint density at radius 1 is 1.03 bits per heavy atom. The van der Waals surface area contributed by atoms with E-state index in [1.807, 2.05) is 47.0 Å². The first-order valence-corrected chi connectivity index (χ1v) is 12.6. The van der Waals surface area contributed by atoms with E-state index in [9.17, 15) is 9.59 Å². The second-order valence-electron chi connectivity index (χ2n) is 8.77. The van der Waals surface area contributed by atoms with Crippen molar-refractivity contribution in [1.82, 2.24) is 9.47 Å². The van der Waals surface area contributed by atoms with E-state index in [-0.39, 0.29) is 11.8 Å². The van der Waals surface area contributed by atoms with Gasteiger partial charge in [0.2, 0.25) is 5.91 Å². The van der Waals surface area contributed by atoms with E-state index >= 15 is 0 Å². The monoisotopic (exact) mass is 439 g/mol. The number of hydrogen-bond donors (Lipinski definition) is 1. The van der Waals surface area contributed by atoms with Crippen LogP contribution in [-0.4, -0.2) is 45.9 Å². The van der Waals surface area contributed by atoms with Crippen LogP contribution in [0.3, 0.4) is 0 Å². The molecule has 2 aromatic rings. The highest BCUT2D eigenvalue weighted by molar-refractivity contribution is 7.99. The first kappa shape index (κ1) is 22.0. The fraction of sp³-hybridized carbons (Fsp3) is 0.520. The molecule has 2 aliphatic rings. The standard InChI is InChI=1S/C25H33N3O2S/c1-18-16-23(19(2)28(18)22-6-4-3-5-7-22)25(30)26-21-10-8-20(9-11-21)17-24(29)27-12-14-31-15-13-27/h8-11,16,22H,3-7,12-15,17H2,1-2H3,(H,26,30). The maximum absolute atomic E-state index is 13.0. The van der Waals surface area contributed by atoms with Gasteiger partial charge in [0.1, 0.15) is 0 Å². The molecule has 2 heterocycles. The zero-order chi connectivity index (χ0) is 21.8. The summed E-state index contributed by atoms with van der Waals surface area (Å²) in [5.41, 5.74) is 4.73. The minimum atomic E-state index is -0.0650. The second-order valence-corrected chi connectivity index (χ2v) is 9.99. The van der Waals surface area contributed by atoms with Crippen molar-refractivity contribution in [2.75, 3.05) is 29.9 Å². The van der Waals surface area contributed by atoms with Gasteiger partial charge >= 0.3 is 0 Å². The summed E-state index contributed by atoms with van der Waals surface area (Å²) in [7, 11) is 0. The molecular weight excluding hydrogens is 406 g/mol. The second kappa shape index (κ2) is 9.94. The SMILES string of the molecule is Cc1cc(C(=O)Nc2ccc(CC(=O)N3CCSCC3)cc2)c(C)n1C1CCCCC1. The molecule has 1 saturated heterocycles. The molecule has 31 heavy (non-hydrogen) atoms. The highest BCUT2D eigenvalue weighted by Gasteiger charge is 2.23. The lowest BCUT2D eigenvalue weighted by Gasteiger charge is -2.26. The first-order valence-electron chi connectivity index (χ1n) is 11.5. The Labute approximate surface area is 189 Å². The van der Waals surface area contributed by atoms with Crippen molar-refractivity contribution in [3.63, 3.8) is 0 Å². The van der Waals surface area contributed by atoms with Gasteiger partial charge in [-0.15, -0.1) is 0 Å². The summed E-state index contributed by atoms with van der Waals surface area (Å²) in [5.74, 6) is 2.17. The Balaban J connectivity index is 1.39. The van der Waals surface area contributed by atoms with Crippen molar-refractivity contribution in [3.05, 3.63) is 52.8 Å². The predicted octanol–water partition coefficient (Wildman–Crippen LogP) is 4.98. The molecule has 4 rings (SSSR count). The van der Waals surface area contributed by atoms with Crippen LogP contribution in [0.15, 0.2) is 30.3 Å². The molecule has 5 nitrogen and oxygen atoms in total. The summed E-state index contributed by atoms with van der Waals surface area (Å²) < 4.78 is 2.36. The van der Waals surface area contributed by atoms with Crippen molar-refractivity contribution in [1.29, 1.82) is 0 Å². The van der Waals surface area contributed by atoms with Crippen LogP contribution in [0.4, 0.5) is 5.69 Å². The number of thioether (sulfide) groups is 1. The Hall–Kier alpha value is -2.21. The molecule has 1 N–H and O–H groups in total. The van der Waals surface area contributed by atoms with Gasteiger partial charge in [-0.1, -0.05) is 31.4 Å². The Bertz CT molecular complexity index is 923. The molecule has 6 heteroatoms. The Morgan fingerprint density at radius 2 is 1.71 bits per heavy atom. The maximum atomic E-state index is 13.0. The smallest absolute Gasteiger partial charge is 0.257 e. The minimum absolute atomic E-state index is 0.0650. The molecule has 0 unspecified atom stereocenters. The number of carbonyl (C=O) groups excluding carboxylic acids is 2. The number of amides is 2. The lowest BCUT2D eigenvalue weighted by molar-refractivity contribution is -0.130. The maximum Gasteiger partial charge on any atom is 0.257 e. The third kappa shape index (κ3) is 5.17. The van der Waals surface area contributed by atoms with E-state index in [0.717, 1.165) is 47.1 Å². The quantitative estimate of drug-likeness (QED) is 0.715. The van der Waals surface area contributed by atoms with Gasteiger partial charge in [0.25, 0.3) is 5.91 Å². The molecule has 0 spiro atoms. The third-order valence-electron chi connectivity index (χ3n) is 6.60. The summed E-state index contributed by atoms with van der Waals surface area (Å²) in [4.78, 5) is 27.4. The van der Waals surface area contributed by atoms with Gasteiger partial charge in [-0.25, -0.2) is 0 Å². The molecule has 1 aliphatic heterocycles. The van der Waals surface area contributed by atoms with Crippen LogP contribution in [0.1, 0.15) is 65.5 Å². The Morgan fingerprint density at radius 3 is 2.39 bits per heavy atom. The van der Waals surface area contributed by atoms with Crippen molar-refractivity contribution >= 4 is 29.3 Å². The summed E-state index contributed by atoms with van der Waals surface area (Å²) in [6.07, 6.45) is 6.69. The molecule has 0 radical (unpaired) electrons. The number of hydrogen-bond acceptors (Lipinski definition) is 3. The lowest BCUT2D eigenvalue weighted by Crippen LogP contribution is -2.38. The normalized spacial score (nSPS) is 17.5. The van der Waals surface area contributed by atoms with Gasteiger partial charge in [-0.2, -0.15) is 11.8 Å². The first-order chi connectivity index (χ1) is 15.0. The van der Waals surface area contributed by atoms with E-state index in [2.05, 4.69) is 23.7 Å². The zero-order valence-corrected chi connectivity index (χ0v) is 19.5. The molecule has 1 aromatic carbocycles. The van der Waals surface area contributed by atoms with Crippen LogP contribution >= 0.6 is 11.8 Å². The largest absolute Gasteiger partial charge is 0.345 e. The fourth-order valence-corrected chi connectivity index (χ4v) is 5.81. The molecule has 2 amide bonds. The van der Waals surface area contributed by atoms with Gasteiger partial charge in [0, 0.05) is 47.7 Å². The average Bonchev–Trinajstić information content (AvgIpc) is 3.10. The van der Waals surface area contributed by atoms with Crippen LogP contribution in [0.2, 0.25) is 0 Å². The number of nitrogens with zero attached hydrogens (tertiary/aromatic N) is 2. The number of aromatic nitrogens is 1. The van der Waals surface area contributed by atoms with E-state index in [4.69, 9.17) is 0 Å². The molecule has 1 aliphatic carbocycles.